The number of imidazole rings is 2. The zero-order chi connectivity index (χ0) is 80.9. The van der Waals surface area contributed by atoms with Gasteiger partial charge in [-0.2, -0.15) is 0 Å². The molecule has 2 saturated heterocycles. The Hall–Kier alpha value is -12.7. The predicted octanol–water partition coefficient (Wildman–Crippen LogP) is -1.35. The Labute approximate surface area is 662 Å². The minimum atomic E-state index is -1.54. The number of rotatable bonds is 20. The molecule has 8 aromatic rings. The maximum Gasteiger partial charge on any atom is 0.243 e. The minimum absolute atomic E-state index is 0.0589. The number of guanidine groups is 2. The first-order valence-electron chi connectivity index (χ1n) is 37.2. The first kappa shape index (κ1) is 83.7. The molecular formula is C76H94N24O12S2. The number of nitrogens with one attached hydrogen (secondary N) is 20. The summed E-state index contributed by atoms with van der Waals surface area (Å²) in [5.74, 6) is -11.5. The Morgan fingerprint density at radius 2 is 0.719 bits per heavy atom. The van der Waals surface area contributed by atoms with Crippen molar-refractivity contribution in [2.45, 2.75) is 137 Å². The minimum Gasteiger partial charge on any atom is -0.370 e. The SMILES string of the molecule is N=C(N)NCCC[C@@H]1NC(=O)[C@@H](Cc2ccccc2)NC(=O)[C@H](Cc2c[nH]cn2)NC(=O)CCNC(=O)[C@@H]2CSSC[C@H](NC(=O)[C@H](Cc3c[nH]c4ccccc34)NC1=O)C(=O)NCCC(=O)N[C@@H](Cc1c[nH]cn1)C(=O)N[C@H](Cc1ccccc1)C(=O)N[C@H](CCCNC(=N)N)C(=O)N[C@@H](Cc1c[nH]c3ccccc13)C(=O)N2. The van der Waals surface area contributed by atoms with Gasteiger partial charge in [-0.05, 0) is 60.1 Å². The predicted molar refractivity (Wildman–Crippen MR) is 427 cm³/mol. The second-order valence-corrected chi connectivity index (χ2v) is 29.9. The summed E-state index contributed by atoms with van der Waals surface area (Å²) in [6.07, 6.45) is 6.98. The molecule has 2 aliphatic heterocycles. The van der Waals surface area contributed by atoms with E-state index in [4.69, 9.17) is 22.3 Å². The number of aromatic amines is 4. The highest BCUT2D eigenvalue weighted by Crippen LogP contribution is 2.26. The molecular weight excluding hydrogens is 1510 g/mol. The number of carbonyl (C=O) groups is 12. The number of para-hydroxylation sites is 2. The summed E-state index contributed by atoms with van der Waals surface area (Å²) < 4.78 is 0. The summed E-state index contributed by atoms with van der Waals surface area (Å²) >= 11 is 0. The van der Waals surface area contributed by atoms with Crippen molar-refractivity contribution in [2.24, 2.45) is 11.5 Å². The van der Waals surface area contributed by atoms with Crippen LogP contribution in [0.3, 0.4) is 0 Å². The topological polar surface area (TPSA) is 562 Å². The first-order chi connectivity index (χ1) is 55.1. The van der Waals surface area contributed by atoms with E-state index in [1.54, 1.807) is 122 Å². The number of nitrogens with two attached hydrogens (primary N) is 2. The van der Waals surface area contributed by atoms with Crippen LogP contribution in [0.25, 0.3) is 21.8 Å². The Bertz CT molecular complexity index is 4370. The molecule has 6 heterocycles. The third kappa shape index (κ3) is 25.4. The Kier molecular flexibility index (Phi) is 30.9. The van der Waals surface area contributed by atoms with Gasteiger partial charge in [-0.25, -0.2) is 9.97 Å². The van der Waals surface area contributed by atoms with Crippen LogP contribution in [0.5, 0.6) is 0 Å². The number of aromatic nitrogens is 6. The average molecular weight is 1600 g/mol. The van der Waals surface area contributed by atoms with E-state index in [1.807, 2.05) is 0 Å². The Morgan fingerprint density at radius 1 is 0.386 bits per heavy atom. The van der Waals surface area contributed by atoms with E-state index >= 15 is 28.8 Å². The lowest BCUT2D eigenvalue weighted by atomic mass is 10.0. The molecule has 602 valence electrons. The van der Waals surface area contributed by atoms with Crippen molar-refractivity contribution < 1.29 is 57.5 Å². The molecule has 114 heavy (non-hydrogen) atoms. The van der Waals surface area contributed by atoms with Gasteiger partial charge in [0.1, 0.15) is 60.4 Å². The van der Waals surface area contributed by atoms with Crippen LogP contribution >= 0.6 is 21.6 Å². The average Bonchev–Trinajstić information content (AvgIpc) is 1.74. The van der Waals surface area contributed by atoms with E-state index in [-0.39, 0.29) is 101 Å². The van der Waals surface area contributed by atoms with Crippen LogP contribution in [0.4, 0.5) is 0 Å². The van der Waals surface area contributed by atoms with Gasteiger partial charge in [0.05, 0.1) is 24.0 Å². The lowest BCUT2D eigenvalue weighted by Crippen LogP contribution is -2.60. The van der Waals surface area contributed by atoms with Crippen molar-refractivity contribution >= 4 is 126 Å². The van der Waals surface area contributed by atoms with Crippen LogP contribution < -0.4 is 85.9 Å². The zero-order valence-corrected chi connectivity index (χ0v) is 63.8. The lowest BCUT2D eigenvalue weighted by molar-refractivity contribution is -0.135. The summed E-state index contributed by atoms with van der Waals surface area (Å²) in [6.45, 7) is -0.672. The largest absolute Gasteiger partial charge is 0.370 e. The molecule has 2 bridgehead atoms. The first-order valence-corrected chi connectivity index (χ1v) is 39.7. The fourth-order valence-corrected chi connectivity index (χ4v) is 15.3. The fraction of sp³-hybridized carbons (Fsp3) is 0.368. The molecule has 0 unspecified atom stereocenters. The third-order valence-electron chi connectivity index (χ3n) is 18.9. The molecule has 10 atom stereocenters. The summed E-state index contributed by atoms with van der Waals surface area (Å²) in [6, 6.07) is 16.8. The van der Waals surface area contributed by atoms with Gasteiger partial charge in [0.25, 0.3) is 0 Å². The normalized spacial score (nSPS) is 22.3. The maximum atomic E-state index is 15.5. The van der Waals surface area contributed by atoms with Crippen LogP contribution in [0.15, 0.2) is 147 Å². The van der Waals surface area contributed by atoms with E-state index < -0.39 is 157 Å². The van der Waals surface area contributed by atoms with Crippen LogP contribution in [0.1, 0.15) is 72.2 Å². The maximum absolute atomic E-state index is 15.5. The second-order valence-electron chi connectivity index (χ2n) is 27.4. The van der Waals surface area contributed by atoms with Crippen molar-refractivity contribution in [3.8, 4) is 0 Å². The van der Waals surface area contributed by atoms with Crippen molar-refractivity contribution in [3.05, 3.63) is 180 Å². The number of nitrogens with zero attached hydrogens (tertiary/aromatic N) is 2. The second kappa shape index (κ2) is 42.1. The van der Waals surface area contributed by atoms with Crippen LogP contribution in [-0.4, -0.2) is 211 Å². The molecule has 24 N–H and O–H groups in total. The number of fused-ring (bicyclic) bond motifs is 7. The van der Waals surface area contributed by atoms with Gasteiger partial charge in [0.15, 0.2) is 11.9 Å². The van der Waals surface area contributed by atoms with Crippen molar-refractivity contribution in [3.63, 3.8) is 0 Å². The van der Waals surface area contributed by atoms with Crippen LogP contribution in [0, 0.1) is 10.8 Å². The number of hydrogen-bond donors (Lipinski definition) is 22. The summed E-state index contributed by atoms with van der Waals surface area (Å²) in [7, 11) is 1.94. The number of H-pyrrole nitrogens is 4. The highest BCUT2D eigenvalue weighted by molar-refractivity contribution is 8.76. The number of carbonyl (C=O) groups excluding carboxylic acids is 12. The van der Waals surface area contributed by atoms with Gasteiger partial charge in [0, 0.05) is 136 Å². The van der Waals surface area contributed by atoms with E-state index in [9.17, 15) is 28.8 Å². The number of benzene rings is 4. The van der Waals surface area contributed by atoms with Gasteiger partial charge in [-0.15, -0.1) is 0 Å². The smallest absolute Gasteiger partial charge is 0.243 e. The van der Waals surface area contributed by atoms with E-state index in [0.717, 1.165) is 21.6 Å². The molecule has 0 spiro atoms. The van der Waals surface area contributed by atoms with E-state index in [1.165, 1.54) is 25.0 Å². The number of amides is 12. The Morgan fingerprint density at radius 3 is 1.09 bits per heavy atom. The molecule has 0 aliphatic carbocycles. The fourth-order valence-electron chi connectivity index (χ4n) is 13.0. The van der Waals surface area contributed by atoms with E-state index in [2.05, 4.69) is 104 Å². The van der Waals surface area contributed by atoms with Gasteiger partial charge in [-0.1, -0.05) is 119 Å². The summed E-state index contributed by atoms with van der Waals surface area (Å²) in [4.78, 5) is 200. The molecule has 10 rings (SSSR count). The van der Waals surface area contributed by atoms with Crippen LogP contribution in [0.2, 0.25) is 0 Å². The molecule has 2 fully saturated rings. The van der Waals surface area contributed by atoms with Gasteiger partial charge in [-0.3, -0.25) is 68.4 Å². The molecule has 36 nitrogen and oxygen atoms in total. The van der Waals surface area contributed by atoms with Gasteiger partial charge in [0.2, 0.25) is 70.9 Å². The lowest BCUT2D eigenvalue weighted by Gasteiger charge is -2.28. The summed E-state index contributed by atoms with van der Waals surface area (Å²) in [5, 5.41) is 55.7. The van der Waals surface area contributed by atoms with Gasteiger partial charge >= 0.3 is 0 Å². The summed E-state index contributed by atoms with van der Waals surface area (Å²) in [5.41, 5.74) is 15.6. The molecule has 12 amide bonds. The molecule has 0 radical (unpaired) electrons. The van der Waals surface area contributed by atoms with Crippen molar-refractivity contribution in [2.75, 3.05) is 37.7 Å². The highest BCUT2D eigenvalue weighted by Gasteiger charge is 2.38. The zero-order valence-electron chi connectivity index (χ0n) is 62.1. The molecule has 4 aromatic heterocycles. The third-order valence-corrected chi connectivity index (χ3v) is 21.3. The molecule has 0 saturated carbocycles. The molecule has 4 aromatic carbocycles. The highest BCUT2D eigenvalue weighted by atomic mass is 33.1. The number of hydrogen-bond acceptors (Lipinski definition) is 18. The molecule has 2 aliphatic rings. The molecule has 38 heteroatoms. The van der Waals surface area contributed by atoms with Crippen LogP contribution in [-0.2, 0) is 96.1 Å². The van der Waals surface area contributed by atoms with Crippen molar-refractivity contribution in [1.82, 2.24) is 104 Å². The quantitative estimate of drug-likeness (QED) is 0.0181. The monoisotopic (exact) mass is 1600 g/mol. The van der Waals surface area contributed by atoms with E-state index in [0.29, 0.717) is 55.4 Å². The Balaban J connectivity index is 1.05. The van der Waals surface area contributed by atoms with Gasteiger partial charge < -0.3 is 106 Å². The van der Waals surface area contributed by atoms with Crippen molar-refractivity contribution in [1.29, 1.82) is 10.8 Å². The standard InChI is InChI=1S/C76H94N24O12S2/c77-75(78)85-25-11-21-53-67(105)97-57(31-45-35-87-51-19-9-7-17-49(45)51)71(109)99-61-39-113-114-40-62(65(103)83-27-23-63(101)91-59(33-47-37-81-41-89-47)73(111)95-55(69(107)93-53)29-43-13-3-1-4-14-43)100-72(110)58(32-46-36-88-52-20-10-8-18-50(46)52)98-68(106)54(22-12-26-86-76(79)80)94-70(108)56(30-44-15-5-2-6-16-44)96-74(112)60(34-48-38-82-42-90-48)92-64(102)24-28-84-66(61)104/h1-10,13-20,35-38,41-42,53-62,87-88H,11-12,21-34,39-40H2,(H,81,89)(H,82,90)(H,83,103)(H,84,104)(H,91,101)(H,92,102)(H,93,107)(H,94,108)(H,95,111)(H,96,112)(H,97,105)(H,98,106)(H,99,109)(H,100,110)(H4,77,78,85)(H4,79,80,86)/t53-,54+,55-,56-,57+,58+,59+,60+,61+,62+/m1/s1.